The molecule has 3 rings (SSSR count). The number of aromatic nitrogens is 3. The summed E-state index contributed by atoms with van der Waals surface area (Å²) in [5, 5.41) is 0. The number of pyridine rings is 1. The minimum absolute atomic E-state index is 0.151. The van der Waals surface area contributed by atoms with Crippen molar-refractivity contribution in [2.45, 2.75) is 6.54 Å². The number of hydrogen-bond acceptors (Lipinski definition) is 4. The molecular weight excluding hydrogens is 284 g/mol. The summed E-state index contributed by atoms with van der Waals surface area (Å²) in [7, 11) is 0. The Balaban J connectivity index is 2.10. The minimum Gasteiger partial charge on any atom is -0.388 e. The van der Waals surface area contributed by atoms with Crippen LogP contribution in [0.15, 0.2) is 53.6 Å². The Morgan fingerprint density at radius 2 is 2.05 bits per heavy atom. The zero-order valence-corrected chi connectivity index (χ0v) is 11.9. The molecule has 6 heteroatoms. The molecule has 0 spiro atoms. The van der Waals surface area contributed by atoms with Gasteiger partial charge in [-0.25, -0.2) is 4.98 Å². The standard InChI is InChI=1S/C15H12N4OS/c16-15(21)12-7-10(5-6-17-12)9-19-13-4-2-1-3-11(13)18-8-14(19)20/h1-8H,9H2,(H2,16,21). The molecule has 0 aliphatic rings. The Labute approximate surface area is 126 Å². The van der Waals surface area contributed by atoms with Crippen molar-refractivity contribution in [1.29, 1.82) is 0 Å². The lowest BCUT2D eigenvalue weighted by molar-refractivity contribution is 0.785. The van der Waals surface area contributed by atoms with E-state index in [2.05, 4.69) is 9.97 Å². The van der Waals surface area contributed by atoms with E-state index in [-0.39, 0.29) is 10.5 Å². The molecule has 1 aromatic carbocycles. The van der Waals surface area contributed by atoms with E-state index >= 15 is 0 Å². The Morgan fingerprint density at radius 1 is 1.24 bits per heavy atom. The SMILES string of the molecule is NC(=S)c1cc(Cn2c(=O)cnc3ccccc32)ccn1. The molecule has 2 aromatic heterocycles. The van der Waals surface area contributed by atoms with E-state index in [0.717, 1.165) is 16.6 Å². The van der Waals surface area contributed by atoms with Gasteiger partial charge in [0.05, 0.1) is 29.5 Å². The fourth-order valence-electron chi connectivity index (χ4n) is 2.17. The van der Waals surface area contributed by atoms with Gasteiger partial charge in [0, 0.05) is 6.20 Å². The summed E-state index contributed by atoms with van der Waals surface area (Å²) in [6.07, 6.45) is 2.97. The molecule has 0 saturated heterocycles. The first kappa shape index (κ1) is 13.4. The lowest BCUT2D eigenvalue weighted by Crippen LogP contribution is -2.21. The fourth-order valence-corrected chi connectivity index (χ4v) is 2.28. The second kappa shape index (κ2) is 5.41. The maximum atomic E-state index is 12.1. The zero-order chi connectivity index (χ0) is 14.8. The number of fused-ring (bicyclic) bond motifs is 1. The molecule has 2 heterocycles. The molecule has 5 nitrogen and oxygen atoms in total. The van der Waals surface area contributed by atoms with Crippen LogP contribution in [0.2, 0.25) is 0 Å². The number of thiocarbonyl (C=S) groups is 1. The van der Waals surface area contributed by atoms with E-state index in [0.29, 0.717) is 12.2 Å². The smallest absolute Gasteiger partial charge is 0.269 e. The van der Waals surface area contributed by atoms with E-state index in [1.54, 1.807) is 16.8 Å². The van der Waals surface area contributed by atoms with E-state index in [1.165, 1.54) is 6.20 Å². The van der Waals surface area contributed by atoms with Gasteiger partial charge in [-0.1, -0.05) is 24.4 Å². The van der Waals surface area contributed by atoms with Crippen molar-refractivity contribution < 1.29 is 0 Å². The highest BCUT2D eigenvalue weighted by molar-refractivity contribution is 7.80. The summed E-state index contributed by atoms with van der Waals surface area (Å²) in [5.74, 6) is 0. The topological polar surface area (TPSA) is 73.8 Å². The Kier molecular flexibility index (Phi) is 3.45. The lowest BCUT2D eigenvalue weighted by atomic mass is 10.2. The van der Waals surface area contributed by atoms with Crippen LogP contribution in [0.4, 0.5) is 0 Å². The first-order valence-corrected chi connectivity index (χ1v) is 6.75. The van der Waals surface area contributed by atoms with Gasteiger partial charge in [-0.3, -0.25) is 9.78 Å². The number of para-hydroxylation sites is 2. The van der Waals surface area contributed by atoms with Crippen LogP contribution in [0.5, 0.6) is 0 Å². The molecule has 0 aliphatic carbocycles. The summed E-state index contributed by atoms with van der Waals surface area (Å²) < 4.78 is 1.67. The van der Waals surface area contributed by atoms with Gasteiger partial charge in [-0.05, 0) is 29.8 Å². The molecule has 3 aromatic rings. The quantitative estimate of drug-likeness (QED) is 0.741. The maximum Gasteiger partial charge on any atom is 0.269 e. The maximum absolute atomic E-state index is 12.1. The first-order chi connectivity index (χ1) is 10.1. The van der Waals surface area contributed by atoms with E-state index in [9.17, 15) is 4.79 Å². The normalized spacial score (nSPS) is 10.7. The van der Waals surface area contributed by atoms with Crippen molar-refractivity contribution in [3.8, 4) is 0 Å². The molecule has 104 valence electrons. The van der Waals surface area contributed by atoms with Crippen molar-refractivity contribution >= 4 is 28.2 Å². The summed E-state index contributed by atoms with van der Waals surface area (Å²) in [5.41, 5.74) is 8.46. The number of benzene rings is 1. The predicted molar refractivity (Wildman–Crippen MR) is 85.2 cm³/mol. The van der Waals surface area contributed by atoms with Crippen LogP contribution in [0.1, 0.15) is 11.3 Å². The molecule has 0 aliphatic heterocycles. The molecule has 0 atom stereocenters. The Bertz CT molecular complexity index is 888. The minimum atomic E-state index is -0.151. The molecule has 0 unspecified atom stereocenters. The molecule has 2 N–H and O–H groups in total. The molecule has 0 saturated carbocycles. The fraction of sp³-hybridized carbons (Fsp3) is 0.0667. The Hall–Kier alpha value is -2.60. The van der Waals surface area contributed by atoms with Gasteiger partial charge in [-0.15, -0.1) is 0 Å². The van der Waals surface area contributed by atoms with Crippen LogP contribution < -0.4 is 11.3 Å². The van der Waals surface area contributed by atoms with E-state index in [1.807, 2.05) is 30.3 Å². The average molecular weight is 296 g/mol. The average Bonchev–Trinajstić information content (AvgIpc) is 2.50. The van der Waals surface area contributed by atoms with Crippen molar-refractivity contribution in [2.75, 3.05) is 0 Å². The van der Waals surface area contributed by atoms with Gasteiger partial charge in [0.25, 0.3) is 5.56 Å². The van der Waals surface area contributed by atoms with Crippen LogP contribution in [0.25, 0.3) is 11.0 Å². The van der Waals surface area contributed by atoms with Crippen LogP contribution in [0, 0.1) is 0 Å². The summed E-state index contributed by atoms with van der Waals surface area (Å²) >= 11 is 4.93. The second-order valence-electron chi connectivity index (χ2n) is 4.58. The molecule has 0 radical (unpaired) electrons. The summed E-state index contributed by atoms with van der Waals surface area (Å²) in [6, 6.07) is 11.2. The van der Waals surface area contributed by atoms with E-state index in [4.69, 9.17) is 18.0 Å². The number of hydrogen-bond donors (Lipinski definition) is 1. The number of nitrogens with zero attached hydrogens (tertiary/aromatic N) is 3. The third-order valence-corrected chi connectivity index (χ3v) is 3.38. The largest absolute Gasteiger partial charge is 0.388 e. The van der Waals surface area contributed by atoms with Crippen LogP contribution >= 0.6 is 12.2 Å². The highest BCUT2D eigenvalue weighted by Crippen LogP contribution is 2.11. The third kappa shape index (κ3) is 2.66. The predicted octanol–water partition coefficient (Wildman–Crippen LogP) is 1.47. The number of rotatable bonds is 3. The molecule has 21 heavy (non-hydrogen) atoms. The first-order valence-electron chi connectivity index (χ1n) is 6.34. The molecule has 0 amide bonds. The molecule has 0 fully saturated rings. The monoisotopic (exact) mass is 296 g/mol. The Morgan fingerprint density at radius 3 is 2.86 bits per heavy atom. The van der Waals surface area contributed by atoms with Gasteiger partial charge in [0.15, 0.2) is 0 Å². The van der Waals surface area contributed by atoms with Crippen LogP contribution in [0.3, 0.4) is 0 Å². The van der Waals surface area contributed by atoms with Crippen molar-refractivity contribution in [1.82, 2.24) is 14.5 Å². The molecular formula is C15H12N4OS. The number of nitrogens with two attached hydrogens (primary N) is 1. The van der Waals surface area contributed by atoms with Crippen molar-refractivity contribution in [3.05, 3.63) is 70.4 Å². The van der Waals surface area contributed by atoms with Crippen molar-refractivity contribution in [3.63, 3.8) is 0 Å². The highest BCUT2D eigenvalue weighted by atomic mass is 32.1. The third-order valence-electron chi connectivity index (χ3n) is 3.17. The molecule has 0 bridgehead atoms. The van der Waals surface area contributed by atoms with Gasteiger partial charge in [0.1, 0.15) is 4.99 Å². The van der Waals surface area contributed by atoms with Gasteiger partial charge < -0.3 is 10.3 Å². The highest BCUT2D eigenvalue weighted by Gasteiger charge is 2.06. The van der Waals surface area contributed by atoms with Gasteiger partial charge >= 0.3 is 0 Å². The summed E-state index contributed by atoms with van der Waals surface area (Å²) in [6.45, 7) is 0.417. The zero-order valence-electron chi connectivity index (χ0n) is 11.1. The van der Waals surface area contributed by atoms with Gasteiger partial charge in [0.2, 0.25) is 0 Å². The van der Waals surface area contributed by atoms with Gasteiger partial charge in [-0.2, -0.15) is 0 Å². The lowest BCUT2D eigenvalue weighted by Gasteiger charge is -2.10. The van der Waals surface area contributed by atoms with Crippen LogP contribution in [-0.2, 0) is 6.54 Å². The van der Waals surface area contributed by atoms with E-state index < -0.39 is 0 Å². The summed E-state index contributed by atoms with van der Waals surface area (Å²) in [4.78, 5) is 20.6. The van der Waals surface area contributed by atoms with Crippen molar-refractivity contribution in [2.24, 2.45) is 5.73 Å². The second-order valence-corrected chi connectivity index (χ2v) is 5.02. The van der Waals surface area contributed by atoms with Crippen LogP contribution in [-0.4, -0.2) is 19.5 Å².